The third kappa shape index (κ3) is 24.8. The molecule has 1 aromatic carbocycles. The van der Waals surface area contributed by atoms with E-state index in [2.05, 4.69) is 4.90 Å². The molecular weight excluding hydrogens is 773 g/mol. The molecule has 0 N–H and O–H groups in total. The fourth-order valence-electron chi connectivity index (χ4n) is 6.53. The number of nitrogens with zero attached hydrogens (tertiary/aromatic N) is 4. The standard InChI is InChI=1S/C45H78N4O11/c1-12-54-29-30-55-31-32-57-37-19-17-36(18-20-37)15-14-16-38(42(53)56-13-2)49-27-25-47(34-40(51)59-44(6,7)8)23-21-46(33-39(50)58-43(3,4)5)22-24-48(26-28-49)35-41(52)60-45(9,10)11/h17-20,38H,12-16,21-35H2,1-11H3. The summed E-state index contributed by atoms with van der Waals surface area (Å²) in [6, 6.07) is 7.41. The normalized spacial score (nSPS) is 16.6. The lowest BCUT2D eigenvalue weighted by Crippen LogP contribution is -2.52. The summed E-state index contributed by atoms with van der Waals surface area (Å²) >= 11 is 0. The predicted octanol–water partition coefficient (Wildman–Crippen LogP) is 4.62. The molecule has 1 fully saturated rings. The van der Waals surface area contributed by atoms with E-state index < -0.39 is 22.8 Å². The summed E-state index contributed by atoms with van der Waals surface area (Å²) in [5.74, 6) is -0.608. The number of hydrogen-bond acceptors (Lipinski definition) is 15. The summed E-state index contributed by atoms with van der Waals surface area (Å²) in [6.45, 7) is 26.9. The van der Waals surface area contributed by atoms with Gasteiger partial charge in [0.15, 0.2) is 0 Å². The maximum absolute atomic E-state index is 13.8. The zero-order valence-electron chi connectivity index (χ0n) is 38.8. The van der Waals surface area contributed by atoms with Gasteiger partial charge in [0.05, 0.1) is 46.1 Å². The van der Waals surface area contributed by atoms with E-state index in [-0.39, 0.29) is 50.1 Å². The highest BCUT2D eigenvalue weighted by Gasteiger charge is 2.30. The first-order chi connectivity index (χ1) is 28.2. The number of carbonyl (C=O) groups is 4. The Kier molecular flexibility index (Phi) is 23.7. The highest BCUT2D eigenvalue weighted by molar-refractivity contribution is 5.76. The van der Waals surface area contributed by atoms with E-state index in [1.165, 1.54) is 0 Å². The molecule has 0 radical (unpaired) electrons. The van der Waals surface area contributed by atoms with Crippen LogP contribution in [0.25, 0.3) is 0 Å². The highest BCUT2D eigenvalue weighted by Crippen LogP contribution is 2.18. The van der Waals surface area contributed by atoms with E-state index in [9.17, 15) is 19.2 Å². The molecule has 1 aliphatic rings. The first-order valence-corrected chi connectivity index (χ1v) is 21.8. The predicted molar refractivity (Wildman–Crippen MR) is 231 cm³/mol. The molecule has 1 unspecified atom stereocenters. The number of rotatable bonds is 21. The van der Waals surface area contributed by atoms with Crippen molar-refractivity contribution in [3.8, 4) is 5.75 Å². The maximum atomic E-state index is 13.8. The smallest absolute Gasteiger partial charge is 0.323 e. The average Bonchev–Trinajstić information content (AvgIpc) is 3.11. The number of aryl methyl sites for hydroxylation is 1. The molecule has 1 atom stereocenters. The van der Waals surface area contributed by atoms with Crippen molar-refractivity contribution >= 4 is 23.9 Å². The molecule has 60 heavy (non-hydrogen) atoms. The molecule has 0 aliphatic carbocycles. The third-order valence-corrected chi connectivity index (χ3v) is 9.13. The van der Waals surface area contributed by atoms with Crippen LogP contribution in [0.5, 0.6) is 5.75 Å². The summed E-state index contributed by atoms with van der Waals surface area (Å²) in [4.78, 5) is 61.3. The van der Waals surface area contributed by atoms with Crippen LogP contribution < -0.4 is 4.74 Å². The summed E-state index contributed by atoms with van der Waals surface area (Å²) in [5.41, 5.74) is -0.837. The van der Waals surface area contributed by atoms with Gasteiger partial charge >= 0.3 is 23.9 Å². The van der Waals surface area contributed by atoms with Crippen LogP contribution in [0.2, 0.25) is 0 Å². The van der Waals surface area contributed by atoms with Crippen LogP contribution in [0, 0.1) is 0 Å². The van der Waals surface area contributed by atoms with Crippen LogP contribution in [0.1, 0.15) is 94.6 Å². The van der Waals surface area contributed by atoms with Crippen LogP contribution >= 0.6 is 0 Å². The Hall–Kier alpha value is -3.34. The fourth-order valence-corrected chi connectivity index (χ4v) is 6.53. The molecule has 15 heteroatoms. The van der Waals surface area contributed by atoms with Gasteiger partial charge in [-0.25, -0.2) is 0 Å². The Labute approximate surface area is 360 Å². The lowest BCUT2D eigenvalue weighted by atomic mass is 10.0. The number of esters is 4. The van der Waals surface area contributed by atoms with Crippen molar-refractivity contribution in [1.29, 1.82) is 0 Å². The summed E-state index contributed by atoms with van der Waals surface area (Å²) in [7, 11) is 0. The first kappa shape index (κ1) is 52.8. The van der Waals surface area contributed by atoms with Crippen molar-refractivity contribution < 1.29 is 52.3 Å². The van der Waals surface area contributed by atoms with Crippen LogP contribution in [-0.4, -0.2) is 178 Å². The molecule has 0 bridgehead atoms. The van der Waals surface area contributed by atoms with Gasteiger partial charge in [-0.15, -0.1) is 0 Å². The molecular formula is C45H78N4O11. The summed E-state index contributed by atoms with van der Waals surface area (Å²) in [6.07, 6.45) is 2.00. The SMILES string of the molecule is CCOCCOCCOc1ccc(CCCC(C(=O)OCC)N2CCN(CC(=O)OC(C)(C)C)CCN(CC(=O)OC(C)(C)C)CCN(CC(=O)OC(C)(C)C)CC2)cc1. The lowest BCUT2D eigenvalue weighted by Gasteiger charge is -2.36. The first-order valence-electron chi connectivity index (χ1n) is 21.8. The molecule has 0 saturated carbocycles. The van der Waals surface area contributed by atoms with Crippen molar-refractivity contribution in [3.05, 3.63) is 29.8 Å². The van der Waals surface area contributed by atoms with Gasteiger partial charge in [0, 0.05) is 59.0 Å². The minimum absolute atomic E-state index is 0.0425. The summed E-state index contributed by atoms with van der Waals surface area (Å²) in [5, 5.41) is 0. The topological polar surface area (TPSA) is 146 Å². The van der Waals surface area contributed by atoms with Gasteiger partial charge < -0.3 is 33.2 Å². The number of carbonyl (C=O) groups excluding carboxylic acids is 4. The van der Waals surface area contributed by atoms with Gasteiger partial charge in [-0.2, -0.15) is 0 Å². The van der Waals surface area contributed by atoms with Gasteiger partial charge in [0.2, 0.25) is 0 Å². The Morgan fingerprint density at radius 3 is 1.40 bits per heavy atom. The zero-order chi connectivity index (χ0) is 44.8. The number of hydrogen-bond donors (Lipinski definition) is 0. The Morgan fingerprint density at radius 1 is 0.567 bits per heavy atom. The molecule has 344 valence electrons. The number of ether oxygens (including phenoxy) is 7. The van der Waals surface area contributed by atoms with Crippen molar-refractivity contribution in [1.82, 2.24) is 19.6 Å². The van der Waals surface area contributed by atoms with Crippen LogP contribution in [-0.2, 0) is 54.0 Å². The van der Waals surface area contributed by atoms with E-state index in [4.69, 9.17) is 33.2 Å². The zero-order valence-corrected chi connectivity index (χ0v) is 38.8. The van der Waals surface area contributed by atoms with Crippen molar-refractivity contribution in [2.75, 3.05) is 112 Å². The second-order valence-electron chi connectivity index (χ2n) is 18.1. The Morgan fingerprint density at radius 2 is 0.983 bits per heavy atom. The molecule has 0 spiro atoms. The van der Waals surface area contributed by atoms with Crippen LogP contribution in [0.15, 0.2) is 24.3 Å². The minimum Gasteiger partial charge on any atom is -0.491 e. The lowest BCUT2D eigenvalue weighted by molar-refractivity contribution is -0.159. The van der Waals surface area contributed by atoms with Crippen molar-refractivity contribution in [2.24, 2.45) is 0 Å². The third-order valence-electron chi connectivity index (χ3n) is 9.13. The van der Waals surface area contributed by atoms with E-state index in [1.54, 1.807) is 6.92 Å². The van der Waals surface area contributed by atoms with Gasteiger partial charge in [0.25, 0.3) is 0 Å². The average molecular weight is 851 g/mol. The van der Waals surface area contributed by atoms with E-state index in [0.29, 0.717) is 91.8 Å². The van der Waals surface area contributed by atoms with E-state index in [1.807, 2.05) is 108 Å². The summed E-state index contributed by atoms with van der Waals surface area (Å²) < 4.78 is 39.4. The molecule has 1 heterocycles. The van der Waals surface area contributed by atoms with E-state index in [0.717, 1.165) is 24.2 Å². The van der Waals surface area contributed by atoms with Crippen LogP contribution in [0.3, 0.4) is 0 Å². The number of benzene rings is 1. The van der Waals surface area contributed by atoms with Crippen molar-refractivity contribution in [3.63, 3.8) is 0 Å². The Bertz CT molecular complexity index is 1360. The van der Waals surface area contributed by atoms with Gasteiger partial charge in [0.1, 0.15) is 35.2 Å². The molecule has 15 nitrogen and oxygen atoms in total. The maximum Gasteiger partial charge on any atom is 0.323 e. The highest BCUT2D eigenvalue weighted by atomic mass is 16.6. The largest absolute Gasteiger partial charge is 0.491 e. The van der Waals surface area contributed by atoms with Crippen LogP contribution in [0.4, 0.5) is 0 Å². The molecule has 0 amide bonds. The second kappa shape index (κ2) is 26.9. The fraction of sp³-hybridized carbons (Fsp3) is 0.778. The monoisotopic (exact) mass is 851 g/mol. The molecule has 1 saturated heterocycles. The molecule has 0 aromatic heterocycles. The molecule has 1 aliphatic heterocycles. The molecule has 1 aromatic rings. The Balaban J connectivity index is 2.31. The minimum atomic E-state index is -0.656. The van der Waals surface area contributed by atoms with Gasteiger partial charge in [-0.05, 0) is 113 Å². The molecule has 2 rings (SSSR count). The van der Waals surface area contributed by atoms with Gasteiger partial charge in [-0.1, -0.05) is 12.1 Å². The van der Waals surface area contributed by atoms with E-state index >= 15 is 0 Å². The second-order valence-corrected chi connectivity index (χ2v) is 18.1. The van der Waals surface area contributed by atoms with Crippen molar-refractivity contribution in [2.45, 2.75) is 118 Å². The quantitative estimate of drug-likeness (QED) is 0.0963. The van der Waals surface area contributed by atoms with Gasteiger partial charge in [-0.3, -0.25) is 38.8 Å².